The quantitative estimate of drug-likeness (QED) is 0.539. The van der Waals surface area contributed by atoms with Crippen LogP contribution in [0.5, 0.6) is 0 Å². The molecule has 0 aliphatic rings. The number of rotatable bonds is 2. The highest BCUT2D eigenvalue weighted by molar-refractivity contribution is 14.1. The maximum Gasteiger partial charge on any atom is 0.0349 e. The van der Waals surface area contributed by atoms with Crippen molar-refractivity contribution >= 4 is 50.1 Å². The summed E-state index contributed by atoms with van der Waals surface area (Å²) in [5.41, 5.74) is 0. The summed E-state index contributed by atoms with van der Waals surface area (Å²) in [7, 11) is 0. The highest BCUT2D eigenvalue weighted by atomic mass is 127. The van der Waals surface area contributed by atoms with Crippen LogP contribution < -0.4 is 0 Å². The van der Waals surface area contributed by atoms with Crippen molar-refractivity contribution in [2.75, 3.05) is 11.2 Å². The van der Waals surface area contributed by atoms with Gasteiger partial charge in [0.1, 0.15) is 0 Å². The van der Waals surface area contributed by atoms with Crippen LogP contribution in [0.2, 0.25) is 0 Å². The Bertz CT molecular complexity index is 30.0. The van der Waals surface area contributed by atoms with Gasteiger partial charge in [0.05, 0.1) is 0 Å². The summed E-state index contributed by atoms with van der Waals surface area (Å²) in [6.07, 6.45) is 0. The molecule has 0 aromatic rings. The molecule has 0 saturated heterocycles. The van der Waals surface area contributed by atoms with Crippen molar-refractivity contribution < 1.29 is 0 Å². The molecule has 0 bridgehead atoms. The van der Waals surface area contributed by atoms with Crippen molar-refractivity contribution in [1.82, 2.24) is 0 Å². The summed E-state index contributed by atoms with van der Waals surface area (Å²) in [6.45, 7) is 0. The molecular formula is C3H5BrClI. The maximum atomic E-state index is 5.41. The molecule has 38 valence electrons. The first kappa shape index (κ1) is 7.50. The van der Waals surface area contributed by atoms with Crippen LogP contribution in [0.4, 0.5) is 0 Å². The summed E-state index contributed by atoms with van der Waals surface area (Å²) >= 11 is 11.0. The van der Waals surface area contributed by atoms with Crippen LogP contribution in [-0.4, -0.2) is 15.1 Å². The molecule has 0 aromatic heterocycles. The molecule has 0 nitrogen and oxygen atoms in total. The molecule has 0 aliphatic carbocycles. The summed E-state index contributed by atoms with van der Waals surface area (Å²) < 4.78 is 0.587. The Morgan fingerprint density at radius 2 is 2.33 bits per heavy atom. The van der Waals surface area contributed by atoms with Crippen LogP contribution in [0.15, 0.2) is 0 Å². The lowest BCUT2D eigenvalue weighted by Gasteiger charge is -1.93. The van der Waals surface area contributed by atoms with Crippen molar-refractivity contribution in [2.24, 2.45) is 0 Å². The van der Waals surface area contributed by atoms with Gasteiger partial charge in [0.25, 0.3) is 0 Å². The number of alkyl halides is 3. The average molecular weight is 283 g/mol. The van der Waals surface area contributed by atoms with Gasteiger partial charge in [0, 0.05) is 15.1 Å². The second-order valence-corrected chi connectivity index (χ2v) is 3.62. The van der Waals surface area contributed by atoms with Crippen LogP contribution in [-0.2, 0) is 0 Å². The zero-order valence-corrected chi connectivity index (χ0v) is 7.62. The number of halogens is 3. The molecule has 0 aliphatic heterocycles. The van der Waals surface area contributed by atoms with E-state index in [0.29, 0.717) is 3.92 Å². The molecule has 0 spiro atoms. The predicted octanol–water partition coefficient (Wildman–Crippen LogP) is 2.42. The van der Waals surface area contributed by atoms with E-state index in [4.69, 9.17) is 11.6 Å². The van der Waals surface area contributed by atoms with Gasteiger partial charge in [-0.3, -0.25) is 0 Å². The van der Waals surface area contributed by atoms with Crippen LogP contribution in [0.25, 0.3) is 0 Å². The third kappa shape index (κ3) is 3.68. The standard InChI is InChI=1S/C3H5BrClI/c4-1-3(6)2-5/h3H,1-2H2. The molecule has 0 radical (unpaired) electrons. The molecule has 6 heavy (non-hydrogen) atoms. The van der Waals surface area contributed by atoms with Gasteiger partial charge in [-0.1, -0.05) is 38.5 Å². The molecule has 1 atom stereocenters. The minimum Gasteiger partial charge on any atom is -0.126 e. The van der Waals surface area contributed by atoms with Gasteiger partial charge in [-0.2, -0.15) is 0 Å². The van der Waals surface area contributed by atoms with E-state index in [0.717, 1.165) is 11.2 Å². The van der Waals surface area contributed by atoms with Crippen molar-refractivity contribution in [1.29, 1.82) is 0 Å². The SMILES string of the molecule is ClCC(I)CBr. The number of hydrogen-bond acceptors (Lipinski definition) is 0. The zero-order valence-electron chi connectivity index (χ0n) is 3.13. The van der Waals surface area contributed by atoms with Crippen LogP contribution >= 0.6 is 50.1 Å². The maximum absolute atomic E-state index is 5.41. The summed E-state index contributed by atoms with van der Waals surface area (Å²) in [4.78, 5) is 0. The van der Waals surface area contributed by atoms with Gasteiger partial charge in [-0.05, 0) is 0 Å². The molecule has 0 aromatic carbocycles. The molecule has 0 fully saturated rings. The fourth-order valence-electron chi connectivity index (χ4n) is 0.0412. The van der Waals surface area contributed by atoms with Gasteiger partial charge in [0.2, 0.25) is 0 Å². The molecule has 3 heteroatoms. The van der Waals surface area contributed by atoms with Crippen molar-refractivity contribution in [3.8, 4) is 0 Å². The van der Waals surface area contributed by atoms with E-state index in [1.54, 1.807) is 0 Å². The monoisotopic (exact) mass is 282 g/mol. The van der Waals surface area contributed by atoms with E-state index in [-0.39, 0.29) is 0 Å². The second kappa shape index (κ2) is 4.65. The Balaban J connectivity index is 2.75. The third-order valence-electron chi connectivity index (χ3n) is 0.335. The largest absolute Gasteiger partial charge is 0.126 e. The van der Waals surface area contributed by atoms with Gasteiger partial charge in [0.15, 0.2) is 0 Å². The highest BCUT2D eigenvalue weighted by Gasteiger charge is 1.94. The molecule has 0 amide bonds. The summed E-state index contributed by atoms with van der Waals surface area (Å²) in [6, 6.07) is 0. The van der Waals surface area contributed by atoms with E-state index in [1.165, 1.54) is 0 Å². The Kier molecular flexibility index (Phi) is 5.82. The predicted molar refractivity (Wildman–Crippen MR) is 42.3 cm³/mol. The van der Waals surface area contributed by atoms with E-state index < -0.39 is 0 Å². The van der Waals surface area contributed by atoms with Crippen LogP contribution in [0.3, 0.4) is 0 Å². The minimum absolute atomic E-state index is 0.587. The number of hydrogen-bond donors (Lipinski definition) is 0. The average Bonchev–Trinajstić information content (AvgIpc) is 1.65. The molecular weight excluding hydrogens is 278 g/mol. The van der Waals surface area contributed by atoms with Crippen molar-refractivity contribution in [3.63, 3.8) is 0 Å². The second-order valence-electron chi connectivity index (χ2n) is 0.906. The topological polar surface area (TPSA) is 0 Å². The van der Waals surface area contributed by atoms with E-state index in [9.17, 15) is 0 Å². The summed E-state index contributed by atoms with van der Waals surface area (Å²) in [5, 5.41) is 0.997. The first-order valence-corrected chi connectivity index (χ1v) is 4.47. The molecule has 0 N–H and O–H groups in total. The smallest absolute Gasteiger partial charge is 0.0349 e. The van der Waals surface area contributed by atoms with E-state index in [1.807, 2.05) is 0 Å². The van der Waals surface area contributed by atoms with E-state index >= 15 is 0 Å². The van der Waals surface area contributed by atoms with Gasteiger partial charge in [-0.25, -0.2) is 0 Å². The Morgan fingerprint density at radius 1 is 1.83 bits per heavy atom. The lowest BCUT2D eigenvalue weighted by atomic mass is 10.6. The Morgan fingerprint density at radius 3 is 2.33 bits per heavy atom. The van der Waals surface area contributed by atoms with Crippen LogP contribution in [0, 0.1) is 0 Å². The summed E-state index contributed by atoms with van der Waals surface area (Å²) in [5.74, 6) is 0.742. The minimum atomic E-state index is 0.587. The first-order chi connectivity index (χ1) is 2.81. The van der Waals surface area contributed by atoms with Crippen molar-refractivity contribution in [2.45, 2.75) is 3.92 Å². The molecule has 0 heterocycles. The van der Waals surface area contributed by atoms with Crippen molar-refractivity contribution in [3.05, 3.63) is 0 Å². The van der Waals surface area contributed by atoms with Gasteiger partial charge < -0.3 is 0 Å². The van der Waals surface area contributed by atoms with Gasteiger partial charge in [-0.15, -0.1) is 11.6 Å². The Labute approximate surface area is 64.9 Å². The van der Waals surface area contributed by atoms with Crippen LogP contribution in [0.1, 0.15) is 0 Å². The normalized spacial score (nSPS) is 14.5. The zero-order chi connectivity index (χ0) is 4.99. The fourth-order valence-corrected chi connectivity index (χ4v) is 0.643. The first-order valence-electron chi connectivity index (χ1n) is 1.57. The molecule has 0 saturated carbocycles. The lowest BCUT2D eigenvalue weighted by molar-refractivity contribution is 1.20. The highest BCUT2D eigenvalue weighted by Crippen LogP contribution is 2.04. The lowest BCUT2D eigenvalue weighted by Crippen LogP contribution is -1.97. The third-order valence-corrected chi connectivity index (χ3v) is 4.10. The fraction of sp³-hybridized carbons (Fsp3) is 1.00. The molecule has 1 unspecified atom stereocenters. The Hall–Kier alpha value is 1.50. The van der Waals surface area contributed by atoms with Gasteiger partial charge >= 0.3 is 0 Å². The molecule has 0 rings (SSSR count). The van der Waals surface area contributed by atoms with E-state index in [2.05, 4.69) is 38.5 Å².